The molecule has 0 saturated carbocycles. The number of hydrogen-bond donors (Lipinski definition) is 0. The van der Waals surface area contributed by atoms with Crippen LogP contribution >= 0.6 is 0 Å². The van der Waals surface area contributed by atoms with Gasteiger partial charge in [-0.15, -0.1) is 0 Å². The van der Waals surface area contributed by atoms with E-state index in [0.717, 1.165) is 24.0 Å². The van der Waals surface area contributed by atoms with Crippen molar-refractivity contribution in [1.82, 2.24) is 4.90 Å². The molecule has 0 aliphatic carbocycles. The molecule has 0 heterocycles. The quantitative estimate of drug-likeness (QED) is 0.125. The second-order valence-electron chi connectivity index (χ2n) is 9.99. The number of unbranched alkanes of at least 4 members (excludes halogenated alkanes) is 1. The first-order valence-corrected chi connectivity index (χ1v) is 14.5. The van der Waals surface area contributed by atoms with Crippen molar-refractivity contribution in [3.05, 3.63) is 101 Å². The molecular weight excluding hydrogens is 521 g/mol. The predicted molar refractivity (Wildman–Crippen MR) is 158 cm³/mol. The van der Waals surface area contributed by atoms with Crippen LogP contribution in [0.5, 0.6) is 5.75 Å². The van der Waals surface area contributed by atoms with E-state index in [1.54, 1.807) is 13.0 Å². The van der Waals surface area contributed by atoms with Crippen molar-refractivity contribution in [2.24, 2.45) is 0 Å². The van der Waals surface area contributed by atoms with Gasteiger partial charge in [0.15, 0.2) is 11.6 Å². The molecule has 3 rings (SSSR count). The van der Waals surface area contributed by atoms with Gasteiger partial charge in [-0.25, -0.2) is 4.39 Å². The normalized spacial score (nSPS) is 12.5. The molecule has 0 saturated heterocycles. The van der Waals surface area contributed by atoms with Gasteiger partial charge >= 0.3 is 11.9 Å². The lowest BCUT2D eigenvalue weighted by Crippen LogP contribution is -2.33. The van der Waals surface area contributed by atoms with Gasteiger partial charge < -0.3 is 14.2 Å². The third-order valence-electron chi connectivity index (χ3n) is 6.94. The maximum absolute atomic E-state index is 15.4. The average molecular weight is 564 g/mol. The van der Waals surface area contributed by atoms with E-state index in [2.05, 4.69) is 36.1 Å². The summed E-state index contributed by atoms with van der Waals surface area (Å²) in [7, 11) is 0. The maximum atomic E-state index is 15.4. The second-order valence-corrected chi connectivity index (χ2v) is 9.99. The van der Waals surface area contributed by atoms with Gasteiger partial charge in [0.05, 0.1) is 26.2 Å². The Morgan fingerprint density at radius 3 is 2.20 bits per heavy atom. The molecule has 0 aliphatic heterocycles. The lowest BCUT2D eigenvalue weighted by molar-refractivity contribution is -0.146. The highest BCUT2D eigenvalue weighted by Crippen LogP contribution is 2.36. The summed E-state index contributed by atoms with van der Waals surface area (Å²) in [6, 6.07) is 24.5. The van der Waals surface area contributed by atoms with E-state index in [4.69, 9.17) is 14.2 Å². The highest BCUT2D eigenvalue weighted by molar-refractivity contribution is 5.70. The molecule has 0 aliphatic rings. The lowest BCUT2D eigenvalue weighted by Gasteiger charge is -2.37. The van der Waals surface area contributed by atoms with Crippen molar-refractivity contribution in [3.63, 3.8) is 0 Å². The summed E-state index contributed by atoms with van der Waals surface area (Å²) in [5.74, 6) is -1.03. The van der Waals surface area contributed by atoms with Gasteiger partial charge in [-0.3, -0.25) is 14.5 Å². The topological polar surface area (TPSA) is 65.1 Å². The summed E-state index contributed by atoms with van der Waals surface area (Å²) in [5, 5.41) is 0. The van der Waals surface area contributed by atoms with E-state index in [1.165, 1.54) is 6.07 Å². The first-order valence-electron chi connectivity index (χ1n) is 14.5. The first-order chi connectivity index (χ1) is 19.9. The average Bonchev–Trinajstić information content (AvgIpc) is 2.98. The van der Waals surface area contributed by atoms with E-state index in [0.29, 0.717) is 31.7 Å². The SMILES string of the molecule is CCCCOC(=O)C[C@@H](c1ccc(OCCCC(=O)OCC)c(F)c1)N(Cc1ccccc1)C(C)c1ccccc1. The molecule has 0 aromatic heterocycles. The Bertz CT molecular complexity index is 1200. The molecule has 0 amide bonds. The molecule has 0 fully saturated rings. The van der Waals surface area contributed by atoms with Crippen molar-refractivity contribution in [2.75, 3.05) is 19.8 Å². The van der Waals surface area contributed by atoms with Crippen LogP contribution in [-0.2, 0) is 25.6 Å². The van der Waals surface area contributed by atoms with Crippen molar-refractivity contribution in [2.45, 2.75) is 71.5 Å². The summed E-state index contributed by atoms with van der Waals surface area (Å²) >= 11 is 0. The Labute approximate surface area is 243 Å². The van der Waals surface area contributed by atoms with Gasteiger partial charge in [0, 0.05) is 25.0 Å². The highest BCUT2D eigenvalue weighted by atomic mass is 19.1. The molecule has 0 spiro atoms. The number of hydrogen-bond acceptors (Lipinski definition) is 6. The maximum Gasteiger partial charge on any atom is 0.307 e. The Hall–Kier alpha value is -3.71. The smallest absolute Gasteiger partial charge is 0.307 e. The number of ether oxygens (including phenoxy) is 3. The summed E-state index contributed by atoms with van der Waals surface area (Å²) in [5.41, 5.74) is 2.84. The minimum absolute atomic E-state index is 0.0763. The lowest BCUT2D eigenvalue weighted by atomic mass is 9.96. The van der Waals surface area contributed by atoms with Crippen LogP contribution in [0.3, 0.4) is 0 Å². The molecule has 0 radical (unpaired) electrons. The molecule has 6 nitrogen and oxygen atoms in total. The zero-order chi connectivity index (χ0) is 29.5. The third-order valence-corrected chi connectivity index (χ3v) is 6.94. The molecule has 1 unspecified atom stereocenters. The summed E-state index contributed by atoms with van der Waals surface area (Å²) in [6.07, 6.45) is 2.43. The molecule has 0 N–H and O–H groups in total. The summed E-state index contributed by atoms with van der Waals surface area (Å²) in [6.45, 7) is 7.33. The molecule has 3 aromatic rings. The van der Waals surface area contributed by atoms with Crippen LogP contribution in [-0.4, -0.2) is 36.7 Å². The molecule has 220 valence electrons. The fraction of sp³-hybridized carbons (Fsp3) is 0.412. The Balaban J connectivity index is 1.89. The number of esters is 2. The number of rotatable bonds is 17. The number of carbonyl (C=O) groups excluding carboxylic acids is 2. The van der Waals surface area contributed by atoms with E-state index < -0.39 is 11.9 Å². The minimum atomic E-state index is -0.519. The first kappa shape index (κ1) is 31.8. The van der Waals surface area contributed by atoms with E-state index >= 15 is 4.39 Å². The van der Waals surface area contributed by atoms with Gasteiger partial charge in [-0.05, 0) is 55.5 Å². The number of benzene rings is 3. The van der Waals surface area contributed by atoms with Crippen LogP contribution in [0.1, 0.15) is 81.6 Å². The third kappa shape index (κ3) is 10.3. The molecule has 0 bridgehead atoms. The van der Waals surface area contributed by atoms with Crippen LogP contribution < -0.4 is 4.74 Å². The van der Waals surface area contributed by atoms with Crippen molar-refractivity contribution in [3.8, 4) is 5.75 Å². The predicted octanol–water partition coefficient (Wildman–Crippen LogP) is 7.59. The number of halogens is 1. The van der Waals surface area contributed by atoms with Crippen LogP contribution in [0.4, 0.5) is 4.39 Å². The van der Waals surface area contributed by atoms with Gasteiger partial charge in [0.2, 0.25) is 0 Å². The van der Waals surface area contributed by atoms with E-state index in [1.807, 2.05) is 49.4 Å². The Morgan fingerprint density at radius 2 is 1.54 bits per heavy atom. The fourth-order valence-corrected chi connectivity index (χ4v) is 4.68. The number of carbonyl (C=O) groups is 2. The van der Waals surface area contributed by atoms with Gasteiger partial charge in [-0.2, -0.15) is 0 Å². The monoisotopic (exact) mass is 563 g/mol. The number of nitrogens with zero attached hydrogens (tertiary/aromatic N) is 1. The van der Waals surface area contributed by atoms with Gasteiger partial charge in [0.1, 0.15) is 0 Å². The van der Waals surface area contributed by atoms with Crippen LogP contribution in [0.25, 0.3) is 0 Å². The van der Waals surface area contributed by atoms with Crippen LogP contribution in [0.2, 0.25) is 0 Å². The highest BCUT2D eigenvalue weighted by Gasteiger charge is 2.30. The molecule has 3 aromatic carbocycles. The van der Waals surface area contributed by atoms with Gasteiger partial charge in [-0.1, -0.05) is 80.1 Å². The molecule has 7 heteroatoms. The van der Waals surface area contributed by atoms with Crippen LogP contribution in [0.15, 0.2) is 78.9 Å². The van der Waals surface area contributed by atoms with Gasteiger partial charge in [0.25, 0.3) is 0 Å². The minimum Gasteiger partial charge on any atom is -0.491 e. The zero-order valence-corrected chi connectivity index (χ0v) is 24.4. The largest absolute Gasteiger partial charge is 0.491 e. The van der Waals surface area contributed by atoms with Crippen molar-refractivity contribution < 1.29 is 28.2 Å². The second kappa shape index (κ2) is 17.2. The summed E-state index contributed by atoms with van der Waals surface area (Å²) in [4.78, 5) is 26.8. The van der Waals surface area contributed by atoms with Crippen LogP contribution in [0, 0.1) is 5.82 Å². The van der Waals surface area contributed by atoms with Crippen molar-refractivity contribution >= 4 is 11.9 Å². The zero-order valence-electron chi connectivity index (χ0n) is 24.4. The van der Waals surface area contributed by atoms with E-state index in [-0.39, 0.29) is 43.2 Å². The molecule has 2 atom stereocenters. The van der Waals surface area contributed by atoms with E-state index in [9.17, 15) is 9.59 Å². The Morgan fingerprint density at radius 1 is 0.829 bits per heavy atom. The summed E-state index contributed by atoms with van der Waals surface area (Å²) < 4.78 is 31.5. The Kier molecular flexibility index (Phi) is 13.3. The standard InChI is InChI=1S/C34H42FNO5/c1-4-6-21-41-34(38)24-31(29-19-20-32(30(35)23-29)40-22-13-18-33(37)39-5-2)36(25-27-14-9-7-10-15-27)26(3)28-16-11-8-12-17-28/h7-12,14-17,19-20,23,26,31H,4-6,13,18,21-22,24-25H2,1-3H3/t26?,31-/m0/s1. The molecular formula is C34H42FNO5. The van der Waals surface area contributed by atoms with Crippen molar-refractivity contribution in [1.29, 1.82) is 0 Å². The fourth-order valence-electron chi connectivity index (χ4n) is 4.68. The molecule has 41 heavy (non-hydrogen) atoms.